The number of aryl methyl sites for hydroxylation is 3. The molecule has 32 heavy (non-hydrogen) atoms. The molecule has 0 unspecified atom stereocenters. The van der Waals surface area contributed by atoms with E-state index in [1.165, 1.54) is 24.0 Å². The Morgan fingerprint density at radius 1 is 1.22 bits per heavy atom. The van der Waals surface area contributed by atoms with Gasteiger partial charge in [0.05, 0.1) is 19.3 Å². The Balaban J connectivity index is 0.00000363. The van der Waals surface area contributed by atoms with Gasteiger partial charge in [0.15, 0.2) is 5.96 Å². The fraction of sp³-hybridized carbons (Fsp3) is 0.583. The highest BCUT2D eigenvalue weighted by molar-refractivity contribution is 14.0. The molecular formula is C24H38IN5O2. The zero-order valence-corrected chi connectivity index (χ0v) is 22.4. The number of hydrogen-bond acceptors (Lipinski definition) is 5. The zero-order chi connectivity index (χ0) is 22.2. The second kappa shape index (κ2) is 13.0. The standard InChI is InChI=1S/C24H37N5O2.HI/c1-17-6-7-22(30-5)21(14-17)8-11-26-24(25-4)27-15-20-9-12-29(13-10-20)16-23-28-18(2)19(3)31-23;/h6-7,14,20H,8-13,15-16H2,1-5H3,(H2,25,26,27);1H. The predicted molar refractivity (Wildman–Crippen MR) is 140 cm³/mol. The van der Waals surface area contributed by atoms with Gasteiger partial charge < -0.3 is 19.8 Å². The number of rotatable bonds is 8. The molecule has 1 aromatic carbocycles. The smallest absolute Gasteiger partial charge is 0.208 e. The van der Waals surface area contributed by atoms with Gasteiger partial charge in [0, 0.05) is 20.1 Å². The Bertz CT molecular complexity index is 856. The van der Waals surface area contributed by atoms with Crippen molar-refractivity contribution in [2.45, 2.75) is 46.6 Å². The van der Waals surface area contributed by atoms with Crippen LogP contribution in [0.2, 0.25) is 0 Å². The van der Waals surface area contributed by atoms with E-state index in [4.69, 9.17) is 9.15 Å². The molecule has 0 amide bonds. The van der Waals surface area contributed by atoms with Gasteiger partial charge in [-0.15, -0.1) is 24.0 Å². The number of halogens is 1. The van der Waals surface area contributed by atoms with Crippen LogP contribution in [0.1, 0.15) is 41.3 Å². The Morgan fingerprint density at radius 2 is 1.97 bits per heavy atom. The van der Waals surface area contributed by atoms with Gasteiger partial charge in [-0.2, -0.15) is 0 Å². The first-order chi connectivity index (χ1) is 15.0. The summed E-state index contributed by atoms with van der Waals surface area (Å²) in [6.45, 7) is 10.8. The maximum Gasteiger partial charge on any atom is 0.208 e. The van der Waals surface area contributed by atoms with Crippen molar-refractivity contribution < 1.29 is 9.15 Å². The molecule has 0 bridgehead atoms. The summed E-state index contributed by atoms with van der Waals surface area (Å²) in [5, 5.41) is 6.93. The van der Waals surface area contributed by atoms with Crippen LogP contribution < -0.4 is 15.4 Å². The van der Waals surface area contributed by atoms with Crippen molar-refractivity contribution in [3.63, 3.8) is 0 Å². The highest BCUT2D eigenvalue weighted by Gasteiger charge is 2.21. The fourth-order valence-electron chi connectivity index (χ4n) is 4.03. The minimum atomic E-state index is 0. The van der Waals surface area contributed by atoms with Gasteiger partial charge in [-0.1, -0.05) is 17.7 Å². The monoisotopic (exact) mass is 555 g/mol. The molecule has 7 nitrogen and oxygen atoms in total. The van der Waals surface area contributed by atoms with Gasteiger partial charge in [0.2, 0.25) is 5.89 Å². The van der Waals surface area contributed by atoms with Crippen LogP contribution in [0.25, 0.3) is 0 Å². The molecule has 2 aromatic rings. The minimum absolute atomic E-state index is 0. The first-order valence-corrected chi connectivity index (χ1v) is 11.2. The molecule has 178 valence electrons. The second-order valence-electron chi connectivity index (χ2n) is 8.41. The maximum atomic E-state index is 5.73. The summed E-state index contributed by atoms with van der Waals surface area (Å²) in [5.74, 6) is 4.21. The number of oxazole rings is 1. The van der Waals surface area contributed by atoms with Gasteiger partial charge in [0.25, 0.3) is 0 Å². The third-order valence-corrected chi connectivity index (χ3v) is 6.04. The highest BCUT2D eigenvalue weighted by atomic mass is 127. The van der Waals surface area contributed by atoms with Crippen molar-refractivity contribution in [1.82, 2.24) is 20.5 Å². The quantitative estimate of drug-likeness (QED) is 0.293. The number of benzene rings is 1. The summed E-state index contributed by atoms with van der Waals surface area (Å²) < 4.78 is 11.2. The Kier molecular flexibility index (Phi) is 10.8. The van der Waals surface area contributed by atoms with Crippen molar-refractivity contribution >= 4 is 29.9 Å². The van der Waals surface area contributed by atoms with Crippen molar-refractivity contribution in [3.05, 3.63) is 46.7 Å². The molecule has 1 aromatic heterocycles. The van der Waals surface area contributed by atoms with Crippen LogP contribution in [0.4, 0.5) is 0 Å². The Morgan fingerprint density at radius 3 is 2.59 bits per heavy atom. The Labute approximate surface area is 209 Å². The van der Waals surface area contributed by atoms with Gasteiger partial charge in [0.1, 0.15) is 11.5 Å². The molecule has 3 rings (SSSR count). The van der Waals surface area contributed by atoms with Crippen LogP contribution in [0, 0.1) is 26.7 Å². The predicted octanol–water partition coefficient (Wildman–Crippen LogP) is 3.85. The summed E-state index contributed by atoms with van der Waals surface area (Å²) in [6, 6.07) is 6.30. The lowest BCUT2D eigenvalue weighted by Crippen LogP contribution is -2.43. The molecule has 0 spiro atoms. The first kappa shape index (κ1) is 26.4. The highest BCUT2D eigenvalue weighted by Crippen LogP contribution is 2.20. The number of nitrogens with zero attached hydrogens (tertiary/aromatic N) is 3. The number of methoxy groups -OCH3 is 1. The summed E-state index contributed by atoms with van der Waals surface area (Å²) in [7, 11) is 3.55. The summed E-state index contributed by atoms with van der Waals surface area (Å²) in [6.07, 6.45) is 3.23. The lowest BCUT2D eigenvalue weighted by Gasteiger charge is -2.31. The second-order valence-corrected chi connectivity index (χ2v) is 8.41. The van der Waals surface area contributed by atoms with Gasteiger partial charge >= 0.3 is 0 Å². The normalized spacial score (nSPS) is 15.3. The number of aliphatic imine (C=N–C) groups is 1. The van der Waals surface area contributed by atoms with Crippen LogP contribution in [-0.4, -0.2) is 56.2 Å². The topological polar surface area (TPSA) is 74.9 Å². The molecule has 1 saturated heterocycles. The van der Waals surface area contributed by atoms with Crippen LogP contribution in [0.15, 0.2) is 27.6 Å². The van der Waals surface area contributed by atoms with E-state index in [0.717, 1.165) is 68.2 Å². The number of piperidine rings is 1. The van der Waals surface area contributed by atoms with Crippen molar-refractivity contribution in [3.8, 4) is 5.75 Å². The summed E-state index contributed by atoms with van der Waals surface area (Å²) in [4.78, 5) is 11.3. The van der Waals surface area contributed by atoms with Gasteiger partial charge in [-0.05, 0) is 70.7 Å². The molecule has 0 radical (unpaired) electrons. The molecule has 2 N–H and O–H groups in total. The average Bonchev–Trinajstić information content (AvgIpc) is 3.08. The molecule has 0 aliphatic carbocycles. The molecule has 8 heteroatoms. The molecule has 0 atom stereocenters. The van der Waals surface area contributed by atoms with Gasteiger partial charge in [-0.25, -0.2) is 4.98 Å². The SMILES string of the molecule is CN=C(NCCc1cc(C)ccc1OC)NCC1CCN(Cc2nc(C)c(C)o2)CC1.I. The molecule has 0 saturated carbocycles. The molecule has 1 fully saturated rings. The molecule has 1 aliphatic heterocycles. The number of nitrogens with one attached hydrogen (secondary N) is 2. The number of hydrogen-bond donors (Lipinski definition) is 2. The number of likely N-dealkylation sites (tertiary alicyclic amines) is 1. The largest absolute Gasteiger partial charge is 0.496 e. The minimum Gasteiger partial charge on any atom is -0.496 e. The number of guanidine groups is 1. The molecular weight excluding hydrogens is 517 g/mol. The van der Waals surface area contributed by atoms with Crippen molar-refractivity contribution in [2.24, 2.45) is 10.9 Å². The van der Waals surface area contributed by atoms with E-state index in [2.05, 4.69) is 44.6 Å². The van der Waals surface area contributed by atoms with E-state index in [9.17, 15) is 0 Å². The van der Waals surface area contributed by atoms with Crippen molar-refractivity contribution in [2.75, 3.05) is 40.3 Å². The van der Waals surface area contributed by atoms with Crippen LogP contribution in [0.3, 0.4) is 0 Å². The van der Waals surface area contributed by atoms with Crippen molar-refractivity contribution in [1.29, 1.82) is 0 Å². The molecule has 2 heterocycles. The summed E-state index contributed by atoms with van der Waals surface area (Å²) in [5.41, 5.74) is 3.46. The maximum absolute atomic E-state index is 5.73. The third kappa shape index (κ3) is 7.65. The fourth-order valence-corrected chi connectivity index (χ4v) is 4.03. The Hall–Kier alpha value is -1.81. The third-order valence-electron chi connectivity index (χ3n) is 6.04. The van der Waals surface area contributed by atoms with Crippen LogP contribution in [0.5, 0.6) is 5.75 Å². The lowest BCUT2D eigenvalue weighted by atomic mass is 9.97. The lowest BCUT2D eigenvalue weighted by molar-refractivity contribution is 0.164. The van der Waals surface area contributed by atoms with E-state index >= 15 is 0 Å². The van der Waals surface area contributed by atoms with E-state index < -0.39 is 0 Å². The van der Waals surface area contributed by atoms with E-state index in [-0.39, 0.29) is 24.0 Å². The van der Waals surface area contributed by atoms with E-state index in [1.54, 1.807) is 7.11 Å². The van der Waals surface area contributed by atoms with E-state index in [0.29, 0.717) is 5.92 Å². The van der Waals surface area contributed by atoms with Gasteiger partial charge in [-0.3, -0.25) is 9.89 Å². The average molecular weight is 556 g/mol. The number of aromatic nitrogens is 1. The summed E-state index contributed by atoms with van der Waals surface area (Å²) >= 11 is 0. The van der Waals surface area contributed by atoms with E-state index in [1.807, 2.05) is 27.0 Å². The number of ether oxygens (including phenoxy) is 1. The first-order valence-electron chi connectivity index (χ1n) is 11.2. The van der Waals surface area contributed by atoms with Crippen LogP contribution >= 0.6 is 24.0 Å². The zero-order valence-electron chi connectivity index (χ0n) is 20.0. The molecule has 1 aliphatic rings. The van der Waals surface area contributed by atoms with Crippen LogP contribution in [-0.2, 0) is 13.0 Å².